The largest absolute Gasteiger partial charge is 0.487 e. The summed E-state index contributed by atoms with van der Waals surface area (Å²) in [7, 11) is 1.82. The van der Waals surface area contributed by atoms with E-state index < -0.39 is 5.82 Å². The van der Waals surface area contributed by atoms with Gasteiger partial charge in [0.05, 0.1) is 36.9 Å². The Bertz CT molecular complexity index is 1210. The molecule has 0 unspecified atom stereocenters. The lowest BCUT2D eigenvalue weighted by molar-refractivity contribution is 0.0840. The van der Waals surface area contributed by atoms with Gasteiger partial charge in [0, 0.05) is 12.6 Å². The standard InChI is InChI=1S/C20H18BrFN6O2/c1-3-12-5-4-6-14(22)18(12)30-8-7-29-11-16-13(9-24-28(16)2)20-23-10-15-17(25-20)19(21)27-26-15/h3-6,9-10H,1,7-8,11H2,2H3,(H,26,27). The fourth-order valence-corrected chi connectivity index (χ4v) is 3.32. The van der Waals surface area contributed by atoms with Gasteiger partial charge in [-0.1, -0.05) is 24.8 Å². The number of fused-ring (bicyclic) bond motifs is 1. The van der Waals surface area contributed by atoms with Crippen molar-refractivity contribution in [3.05, 3.63) is 58.8 Å². The Kier molecular flexibility index (Phi) is 5.86. The van der Waals surface area contributed by atoms with E-state index in [2.05, 4.69) is 47.8 Å². The maximum atomic E-state index is 13.9. The number of benzene rings is 1. The summed E-state index contributed by atoms with van der Waals surface area (Å²) < 4.78 is 27.6. The number of H-pyrrole nitrogens is 1. The number of nitrogens with zero attached hydrogens (tertiary/aromatic N) is 5. The van der Waals surface area contributed by atoms with E-state index in [-0.39, 0.29) is 25.6 Å². The average Bonchev–Trinajstić information content (AvgIpc) is 3.31. The highest BCUT2D eigenvalue weighted by atomic mass is 79.9. The molecule has 0 aliphatic rings. The molecule has 10 heteroatoms. The molecule has 3 heterocycles. The van der Waals surface area contributed by atoms with Crippen molar-refractivity contribution < 1.29 is 13.9 Å². The van der Waals surface area contributed by atoms with Gasteiger partial charge in [-0.15, -0.1) is 0 Å². The molecule has 0 amide bonds. The van der Waals surface area contributed by atoms with Crippen molar-refractivity contribution >= 4 is 33.0 Å². The molecule has 0 spiro atoms. The number of halogens is 2. The van der Waals surface area contributed by atoms with Crippen LogP contribution in [0, 0.1) is 5.82 Å². The summed E-state index contributed by atoms with van der Waals surface area (Å²) in [5.74, 6) is 0.263. The third-order valence-electron chi connectivity index (χ3n) is 4.48. The van der Waals surface area contributed by atoms with Gasteiger partial charge in [0.2, 0.25) is 0 Å². The molecule has 0 saturated heterocycles. The van der Waals surface area contributed by atoms with E-state index in [1.807, 2.05) is 7.05 Å². The first kappa shape index (κ1) is 20.2. The third-order valence-corrected chi connectivity index (χ3v) is 5.04. The van der Waals surface area contributed by atoms with Crippen LogP contribution in [0.1, 0.15) is 11.3 Å². The summed E-state index contributed by atoms with van der Waals surface area (Å²) in [5, 5.41) is 11.2. The van der Waals surface area contributed by atoms with E-state index in [4.69, 9.17) is 9.47 Å². The van der Waals surface area contributed by atoms with E-state index in [9.17, 15) is 4.39 Å². The number of ether oxygens (including phenoxy) is 2. The lowest BCUT2D eigenvalue weighted by atomic mass is 10.2. The van der Waals surface area contributed by atoms with Crippen LogP contribution in [0.4, 0.5) is 4.39 Å². The van der Waals surface area contributed by atoms with Gasteiger partial charge in [0.25, 0.3) is 0 Å². The van der Waals surface area contributed by atoms with Gasteiger partial charge in [0.15, 0.2) is 17.4 Å². The van der Waals surface area contributed by atoms with Crippen LogP contribution < -0.4 is 4.74 Å². The minimum atomic E-state index is -0.431. The second-order valence-corrected chi connectivity index (χ2v) is 7.15. The number of para-hydroxylation sites is 1. The highest BCUT2D eigenvalue weighted by molar-refractivity contribution is 9.10. The molecule has 0 saturated carbocycles. The number of hydrogen-bond donors (Lipinski definition) is 1. The summed E-state index contributed by atoms with van der Waals surface area (Å²) in [4.78, 5) is 8.93. The lowest BCUT2D eigenvalue weighted by Crippen LogP contribution is -2.10. The van der Waals surface area contributed by atoms with Crippen LogP contribution in [0.15, 0.2) is 41.8 Å². The van der Waals surface area contributed by atoms with Crippen molar-refractivity contribution in [1.29, 1.82) is 0 Å². The Morgan fingerprint density at radius 2 is 2.17 bits per heavy atom. The van der Waals surface area contributed by atoms with Crippen LogP contribution in [0.3, 0.4) is 0 Å². The summed E-state index contributed by atoms with van der Waals surface area (Å²) in [6.45, 7) is 4.40. The molecule has 0 bridgehead atoms. The summed E-state index contributed by atoms with van der Waals surface area (Å²) in [6, 6.07) is 4.70. The molecule has 0 aliphatic carbocycles. The van der Waals surface area contributed by atoms with Crippen LogP contribution in [-0.4, -0.2) is 43.2 Å². The second kappa shape index (κ2) is 8.72. The highest BCUT2D eigenvalue weighted by Gasteiger charge is 2.16. The molecule has 4 aromatic rings. The monoisotopic (exact) mass is 472 g/mol. The molecule has 1 aromatic carbocycles. The first-order valence-electron chi connectivity index (χ1n) is 9.08. The quantitative estimate of drug-likeness (QED) is 0.391. The topological polar surface area (TPSA) is 90.7 Å². The summed E-state index contributed by atoms with van der Waals surface area (Å²) in [6.07, 6.45) is 4.90. The van der Waals surface area contributed by atoms with Crippen LogP contribution in [0.5, 0.6) is 5.75 Å². The molecule has 0 aliphatic heterocycles. The number of rotatable bonds is 8. The number of aromatic nitrogens is 6. The van der Waals surface area contributed by atoms with Gasteiger partial charge >= 0.3 is 0 Å². The molecule has 4 rings (SSSR count). The zero-order chi connectivity index (χ0) is 21.1. The zero-order valence-electron chi connectivity index (χ0n) is 16.1. The van der Waals surface area contributed by atoms with Crippen molar-refractivity contribution in [2.24, 2.45) is 7.05 Å². The highest BCUT2D eigenvalue weighted by Crippen LogP contribution is 2.25. The predicted molar refractivity (Wildman–Crippen MR) is 113 cm³/mol. The van der Waals surface area contributed by atoms with E-state index in [1.54, 1.807) is 35.3 Å². The van der Waals surface area contributed by atoms with Gasteiger partial charge in [-0.3, -0.25) is 9.78 Å². The van der Waals surface area contributed by atoms with Crippen LogP contribution in [0.2, 0.25) is 0 Å². The SMILES string of the molecule is C=Cc1cccc(F)c1OCCOCc1c(-c2ncc3n[nH]c(Br)c3n2)cnn1C. The molecular formula is C20H18BrFN6O2. The number of aryl methyl sites for hydroxylation is 1. The average molecular weight is 473 g/mol. The Morgan fingerprint density at radius 1 is 1.30 bits per heavy atom. The molecule has 0 radical (unpaired) electrons. The number of hydrogen-bond acceptors (Lipinski definition) is 6. The number of nitrogens with one attached hydrogen (secondary N) is 1. The maximum Gasteiger partial charge on any atom is 0.165 e. The van der Waals surface area contributed by atoms with Crippen molar-refractivity contribution in [3.63, 3.8) is 0 Å². The van der Waals surface area contributed by atoms with Crippen LogP contribution in [0.25, 0.3) is 28.5 Å². The van der Waals surface area contributed by atoms with E-state index in [1.165, 1.54) is 6.07 Å². The van der Waals surface area contributed by atoms with E-state index >= 15 is 0 Å². The fraction of sp³-hybridized carbons (Fsp3) is 0.200. The minimum Gasteiger partial charge on any atom is -0.487 e. The Labute approximate surface area is 179 Å². The molecular weight excluding hydrogens is 455 g/mol. The molecule has 154 valence electrons. The molecule has 1 N–H and O–H groups in total. The fourth-order valence-electron chi connectivity index (χ4n) is 2.94. The predicted octanol–water partition coefficient (Wildman–Crippen LogP) is 3.89. The first-order valence-corrected chi connectivity index (χ1v) is 9.87. The smallest absolute Gasteiger partial charge is 0.165 e. The van der Waals surface area contributed by atoms with Crippen molar-refractivity contribution in [2.75, 3.05) is 13.2 Å². The van der Waals surface area contributed by atoms with Crippen molar-refractivity contribution in [2.45, 2.75) is 6.61 Å². The zero-order valence-corrected chi connectivity index (χ0v) is 17.7. The summed E-state index contributed by atoms with van der Waals surface area (Å²) >= 11 is 3.39. The maximum absolute atomic E-state index is 13.9. The van der Waals surface area contributed by atoms with Gasteiger partial charge in [-0.05, 0) is 22.0 Å². The molecule has 30 heavy (non-hydrogen) atoms. The van der Waals surface area contributed by atoms with Gasteiger partial charge in [-0.25, -0.2) is 14.4 Å². The van der Waals surface area contributed by atoms with Crippen LogP contribution >= 0.6 is 15.9 Å². The van der Waals surface area contributed by atoms with Gasteiger partial charge < -0.3 is 9.47 Å². The Balaban J connectivity index is 1.42. The van der Waals surface area contributed by atoms with Crippen molar-refractivity contribution in [1.82, 2.24) is 29.9 Å². The van der Waals surface area contributed by atoms with E-state index in [0.717, 1.165) is 11.3 Å². The normalized spacial score (nSPS) is 11.2. The Morgan fingerprint density at radius 3 is 3.00 bits per heavy atom. The second-order valence-electron chi connectivity index (χ2n) is 6.36. The third kappa shape index (κ3) is 3.96. The molecule has 3 aromatic heterocycles. The summed E-state index contributed by atoms with van der Waals surface area (Å²) in [5.41, 5.74) is 3.52. The molecule has 8 nitrogen and oxygen atoms in total. The lowest BCUT2D eigenvalue weighted by Gasteiger charge is -2.11. The Hall–Kier alpha value is -3.11. The van der Waals surface area contributed by atoms with Crippen molar-refractivity contribution in [3.8, 4) is 17.1 Å². The first-order chi connectivity index (χ1) is 14.6. The molecule has 0 atom stereocenters. The minimum absolute atomic E-state index is 0.171. The van der Waals surface area contributed by atoms with Crippen LogP contribution in [-0.2, 0) is 18.4 Å². The number of aromatic amines is 1. The van der Waals surface area contributed by atoms with Gasteiger partial charge in [0.1, 0.15) is 22.2 Å². The van der Waals surface area contributed by atoms with E-state index in [0.29, 0.717) is 27.0 Å². The van der Waals surface area contributed by atoms with Gasteiger partial charge in [-0.2, -0.15) is 10.2 Å². The molecule has 0 fully saturated rings.